The molecular weight excluding hydrogens is 258 g/mol. The van der Waals surface area contributed by atoms with E-state index in [4.69, 9.17) is 15.2 Å². The zero-order valence-electron chi connectivity index (χ0n) is 12.2. The van der Waals surface area contributed by atoms with Gasteiger partial charge in [0.2, 0.25) is 0 Å². The summed E-state index contributed by atoms with van der Waals surface area (Å²) in [5, 5.41) is 4.25. The number of nitrogens with zero attached hydrogens (tertiary/aromatic N) is 4. The zero-order valence-corrected chi connectivity index (χ0v) is 12.2. The highest BCUT2D eigenvalue weighted by atomic mass is 16.5. The summed E-state index contributed by atoms with van der Waals surface area (Å²) in [6.45, 7) is 6.28. The molecule has 7 nitrogen and oxygen atoms in total. The van der Waals surface area contributed by atoms with Gasteiger partial charge in [-0.1, -0.05) is 0 Å². The molecule has 0 aromatic carbocycles. The van der Waals surface area contributed by atoms with Crippen molar-refractivity contribution >= 4 is 5.96 Å². The first-order valence-electron chi connectivity index (χ1n) is 6.86. The molecule has 2 N–H and O–H groups in total. The van der Waals surface area contributed by atoms with Gasteiger partial charge in [0.25, 0.3) is 0 Å². The molecule has 112 valence electrons. The molecule has 7 heteroatoms. The predicted molar refractivity (Wildman–Crippen MR) is 76.4 cm³/mol. The van der Waals surface area contributed by atoms with Gasteiger partial charge in [0.05, 0.1) is 38.6 Å². The van der Waals surface area contributed by atoms with Gasteiger partial charge in [0, 0.05) is 32.0 Å². The number of nitrogens with two attached hydrogens (primary N) is 1. The van der Waals surface area contributed by atoms with Gasteiger partial charge in [-0.05, 0) is 6.92 Å². The van der Waals surface area contributed by atoms with Crippen LogP contribution in [0.5, 0.6) is 0 Å². The smallest absolute Gasteiger partial charge is 0.191 e. The van der Waals surface area contributed by atoms with Gasteiger partial charge < -0.3 is 20.1 Å². The summed E-state index contributed by atoms with van der Waals surface area (Å²) >= 11 is 0. The average molecular weight is 281 g/mol. The van der Waals surface area contributed by atoms with E-state index in [0.29, 0.717) is 25.7 Å². The van der Waals surface area contributed by atoms with Gasteiger partial charge in [-0.2, -0.15) is 5.10 Å². The highest BCUT2D eigenvalue weighted by molar-refractivity contribution is 5.78. The van der Waals surface area contributed by atoms with Crippen LogP contribution in [0, 0.1) is 0 Å². The Balaban J connectivity index is 1.86. The number of rotatable bonds is 5. The molecule has 1 aromatic heterocycles. The standard InChI is InChI=1S/C13H23N5O2/c1-11-9-17(3-6-20-11)13(14)15-7-12-8-16-18(10-12)4-5-19-2/h8,10-11H,3-7,9H2,1-2H3,(H2,14,15). The highest BCUT2D eigenvalue weighted by Crippen LogP contribution is 2.05. The zero-order chi connectivity index (χ0) is 14.4. The molecule has 0 aliphatic carbocycles. The topological polar surface area (TPSA) is 77.9 Å². The number of hydrogen-bond donors (Lipinski definition) is 1. The average Bonchev–Trinajstić information content (AvgIpc) is 2.90. The number of ether oxygens (including phenoxy) is 2. The third kappa shape index (κ3) is 4.21. The molecular formula is C13H23N5O2. The molecule has 1 aromatic rings. The van der Waals surface area contributed by atoms with Crippen LogP contribution in [0.2, 0.25) is 0 Å². The lowest BCUT2D eigenvalue weighted by molar-refractivity contribution is 0.00529. The summed E-state index contributed by atoms with van der Waals surface area (Å²) in [6.07, 6.45) is 3.99. The summed E-state index contributed by atoms with van der Waals surface area (Å²) < 4.78 is 12.3. The van der Waals surface area contributed by atoms with Gasteiger partial charge in [-0.25, -0.2) is 4.99 Å². The van der Waals surface area contributed by atoms with E-state index in [1.54, 1.807) is 7.11 Å². The Bertz CT molecular complexity index is 446. The molecule has 1 atom stereocenters. The van der Waals surface area contributed by atoms with Gasteiger partial charge in [0.1, 0.15) is 0 Å². The molecule has 2 heterocycles. The normalized spacial score (nSPS) is 20.4. The van der Waals surface area contributed by atoms with E-state index >= 15 is 0 Å². The third-order valence-corrected chi connectivity index (χ3v) is 3.20. The van der Waals surface area contributed by atoms with Crippen molar-refractivity contribution in [3.8, 4) is 0 Å². The Morgan fingerprint density at radius 2 is 2.50 bits per heavy atom. The highest BCUT2D eigenvalue weighted by Gasteiger charge is 2.17. The van der Waals surface area contributed by atoms with Gasteiger partial charge in [-0.15, -0.1) is 0 Å². The van der Waals surface area contributed by atoms with Crippen molar-refractivity contribution in [2.24, 2.45) is 10.7 Å². The second-order valence-electron chi connectivity index (χ2n) is 4.91. The van der Waals surface area contributed by atoms with Crippen molar-refractivity contribution in [3.63, 3.8) is 0 Å². The quantitative estimate of drug-likeness (QED) is 0.610. The van der Waals surface area contributed by atoms with Crippen LogP contribution in [0.25, 0.3) is 0 Å². The lowest BCUT2D eigenvalue weighted by atomic mass is 10.3. The van der Waals surface area contributed by atoms with Crippen LogP contribution in [0.15, 0.2) is 17.4 Å². The predicted octanol–water partition coefficient (Wildman–Crippen LogP) is 0.0649. The second-order valence-corrected chi connectivity index (χ2v) is 4.91. The number of hydrogen-bond acceptors (Lipinski definition) is 4. The Labute approximate surface area is 119 Å². The van der Waals surface area contributed by atoms with Crippen LogP contribution < -0.4 is 5.73 Å². The fraction of sp³-hybridized carbons (Fsp3) is 0.692. The molecule has 0 saturated carbocycles. The van der Waals surface area contributed by atoms with Crippen molar-refractivity contribution in [2.45, 2.75) is 26.1 Å². The molecule has 0 radical (unpaired) electrons. The van der Waals surface area contributed by atoms with Crippen molar-refractivity contribution in [1.29, 1.82) is 0 Å². The maximum absolute atomic E-state index is 6.02. The minimum Gasteiger partial charge on any atom is -0.383 e. The van der Waals surface area contributed by atoms with Crippen molar-refractivity contribution in [1.82, 2.24) is 14.7 Å². The van der Waals surface area contributed by atoms with Crippen molar-refractivity contribution in [3.05, 3.63) is 18.0 Å². The Morgan fingerprint density at radius 3 is 3.25 bits per heavy atom. The maximum Gasteiger partial charge on any atom is 0.191 e. The van der Waals surface area contributed by atoms with E-state index in [1.165, 1.54) is 0 Å². The van der Waals surface area contributed by atoms with Crippen LogP contribution in [-0.4, -0.2) is 60.2 Å². The van der Waals surface area contributed by atoms with Gasteiger partial charge >= 0.3 is 0 Å². The number of aliphatic imine (C=N–C) groups is 1. The Hall–Kier alpha value is -1.60. The maximum atomic E-state index is 6.02. The molecule has 0 spiro atoms. The monoisotopic (exact) mass is 281 g/mol. The molecule has 1 fully saturated rings. The van der Waals surface area contributed by atoms with E-state index < -0.39 is 0 Å². The summed E-state index contributed by atoms with van der Waals surface area (Å²) in [6, 6.07) is 0. The minimum atomic E-state index is 0.203. The summed E-state index contributed by atoms with van der Waals surface area (Å²) in [4.78, 5) is 6.49. The first-order valence-corrected chi connectivity index (χ1v) is 6.86. The van der Waals surface area contributed by atoms with E-state index in [1.807, 2.05) is 24.0 Å². The molecule has 20 heavy (non-hydrogen) atoms. The van der Waals surface area contributed by atoms with E-state index in [0.717, 1.165) is 25.2 Å². The molecule has 0 amide bonds. The molecule has 1 saturated heterocycles. The summed E-state index contributed by atoms with van der Waals surface area (Å²) in [5.41, 5.74) is 7.07. The third-order valence-electron chi connectivity index (χ3n) is 3.20. The van der Waals surface area contributed by atoms with Gasteiger partial charge in [0.15, 0.2) is 5.96 Å². The molecule has 1 aliphatic rings. The van der Waals surface area contributed by atoms with Gasteiger partial charge in [-0.3, -0.25) is 4.68 Å². The second kappa shape index (κ2) is 7.25. The van der Waals surface area contributed by atoms with Crippen LogP contribution in [0.1, 0.15) is 12.5 Å². The van der Waals surface area contributed by atoms with E-state index in [9.17, 15) is 0 Å². The Kier molecular flexibility index (Phi) is 5.37. The lowest BCUT2D eigenvalue weighted by Crippen LogP contribution is -2.47. The number of guanidine groups is 1. The van der Waals surface area contributed by atoms with Crippen LogP contribution in [0.3, 0.4) is 0 Å². The minimum absolute atomic E-state index is 0.203. The summed E-state index contributed by atoms with van der Waals surface area (Å²) in [5.74, 6) is 0.574. The van der Waals surface area contributed by atoms with Crippen LogP contribution >= 0.6 is 0 Å². The first kappa shape index (κ1) is 14.8. The number of aromatic nitrogens is 2. The largest absolute Gasteiger partial charge is 0.383 e. The number of methoxy groups -OCH3 is 1. The number of morpholine rings is 1. The molecule has 1 unspecified atom stereocenters. The molecule has 1 aliphatic heterocycles. The van der Waals surface area contributed by atoms with E-state index in [-0.39, 0.29) is 6.10 Å². The molecule has 0 bridgehead atoms. The SMILES string of the molecule is COCCn1cc(CN=C(N)N2CCOC(C)C2)cn1. The van der Waals surface area contributed by atoms with Crippen LogP contribution in [-0.2, 0) is 22.6 Å². The first-order chi connectivity index (χ1) is 9.69. The van der Waals surface area contributed by atoms with Crippen molar-refractivity contribution in [2.75, 3.05) is 33.4 Å². The fourth-order valence-electron chi connectivity index (χ4n) is 2.09. The Morgan fingerprint density at radius 1 is 1.65 bits per heavy atom. The lowest BCUT2D eigenvalue weighted by Gasteiger charge is -2.31. The summed E-state index contributed by atoms with van der Waals surface area (Å²) in [7, 11) is 1.68. The molecule has 2 rings (SSSR count). The van der Waals surface area contributed by atoms with Crippen LogP contribution in [0.4, 0.5) is 0 Å². The fourth-order valence-corrected chi connectivity index (χ4v) is 2.09. The van der Waals surface area contributed by atoms with E-state index in [2.05, 4.69) is 15.0 Å². The van der Waals surface area contributed by atoms with Crippen molar-refractivity contribution < 1.29 is 9.47 Å².